The van der Waals surface area contributed by atoms with Crippen LogP contribution >= 0.6 is 11.8 Å². The number of nitrogens with one attached hydrogen (secondary N) is 2. The molecule has 1 fully saturated rings. The van der Waals surface area contributed by atoms with Gasteiger partial charge in [-0.2, -0.15) is 0 Å². The van der Waals surface area contributed by atoms with Gasteiger partial charge in [-0.15, -0.1) is 11.8 Å². The van der Waals surface area contributed by atoms with Crippen LogP contribution in [0, 0.1) is 6.92 Å². The number of aryl methyl sites for hydroxylation is 1. The molecule has 2 amide bonds. The number of rotatable bonds is 7. The van der Waals surface area contributed by atoms with E-state index in [4.69, 9.17) is 4.74 Å². The third-order valence-corrected chi connectivity index (χ3v) is 6.94. The molecule has 34 heavy (non-hydrogen) atoms. The minimum Gasteiger partial charge on any atom is -0.508 e. The molecular formula is C24H32N2O7S. The highest BCUT2D eigenvalue weighted by atomic mass is 32.2. The van der Waals surface area contributed by atoms with E-state index in [9.17, 15) is 30.3 Å². The second-order valence-electron chi connectivity index (χ2n) is 8.68. The van der Waals surface area contributed by atoms with Gasteiger partial charge in [-0.1, -0.05) is 12.1 Å². The van der Waals surface area contributed by atoms with Crippen LogP contribution in [0.25, 0.3) is 0 Å². The van der Waals surface area contributed by atoms with Crippen molar-refractivity contribution in [3.63, 3.8) is 0 Å². The van der Waals surface area contributed by atoms with E-state index in [2.05, 4.69) is 10.6 Å². The molecule has 10 heteroatoms. The zero-order valence-corrected chi connectivity index (χ0v) is 20.1. The maximum Gasteiger partial charge on any atom is 0.319 e. The van der Waals surface area contributed by atoms with Crippen molar-refractivity contribution in [2.45, 2.75) is 62.2 Å². The fraction of sp³-hybridized carbons (Fsp3) is 0.458. The minimum atomic E-state index is -1.47. The number of aliphatic hydroxyl groups is 4. The molecule has 0 aliphatic carbocycles. The van der Waals surface area contributed by atoms with Gasteiger partial charge in [0.2, 0.25) is 0 Å². The van der Waals surface area contributed by atoms with Crippen molar-refractivity contribution >= 4 is 23.5 Å². The molecule has 1 saturated heterocycles. The highest BCUT2D eigenvalue weighted by Gasteiger charge is 2.44. The molecule has 1 heterocycles. The summed E-state index contributed by atoms with van der Waals surface area (Å²) < 4.78 is 6.00. The van der Waals surface area contributed by atoms with Crippen LogP contribution in [0.4, 0.5) is 10.5 Å². The molecule has 0 spiro atoms. The zero-order chi connectivity index (χ0) is 25.0. The highest BCUT2D eigenvalue weighted by molar-refractivity contribution is 8.00. The van der Waals surface area contributed by atoms with Crippen LogP contribution in [0.1, 0.15) is 30.5 Å². The number of benzene rings is 2. The number of hydrogen-bond acceptors (Lipinski definition) is 8. The van der Waals surface area contributed by atoms with Gasteiger partial charge in [-0.3, -0.25) is 0 Å². The fourth-order valence-corrected chi connectivity index (χ4v) is 4.96. The first-order valence-electron chi connectivity index (χ1n) is 11.0. The van der Waals surface area contributed by atoms with Crippen LogP contribution in [0.5, 0.6) is 11.5 Å². The summed E-state index contributed by atoms with van der Waals surface area (Å²) in [5.74, 6) is 0.314. The molecule has 0 radical (unpaired) electrons. The lowest BCUT2D eigenvalue weighted by molar-refractivity contribution is -0.0910. The molecule has 0 aromatic heterocycles. The number of carbonyl (C=O) groups excluding carboxylic acids is 1. The van der Waals surface area contributed by atoms with Crippen LogP contribution in [0.3, 0.4) is 0 Å². The minimum absolute atomic E-state index is 0.0125. The Kier molecular flexibility index (Phi) is 8.67. The summed E-state index contributed by atoms with van der Waals surface area (Å²) in [6.45, 7) is 5.19. The molecule has 1 aliphatic rings. The van der Waals surface area contributed by atoms with Gasteiger partial charge in [-0.05, 0) is 50.1 Å². The van der Waals surface area contributed by atoms with Crippen LogP contribution in [-0.4, -0.2) is 73.2 Å². The van der Waals surface area contributed by atoms with Gasteiger partial charge < -0.3 is 40.9 Å². The number of aliphatic hydroxyl groups excluding tert-OH is 4. The quantitative estimate of drug-likeness (QED) is 0.309. The number of anilines is 1. The highest BCUT2D eigenvalue weighted by Crippen LogP contribution is 2.37. The Morgan fingerprint density at radius 2 is 1.76 bits per heavy atom. The van der Waals surface area contributed by atoms with Crippen molar-refractivity contribution in [1.29, 1.82) is 0 Å². The summed E-state index contributed by atoms with van der Waals surface area (Å²) in [5, 5.41) is 55.1. The molecule has 7 N–H and O–H groups in total. The number of aromatic hydroxyl groups is 1. The Balaban J connectivity index is 1.79. The molecule has 0 bridgehead atoms. The molecule has 3 rings (SSSR count). The largest absolute Gasteiger partial charge is 0.508 e. The SMILES string of the molecule is Cc1cc(O)cc(O[C@@H]2S[C@H](CO)[C@@H](O)[C@H](O)[C@H]2O)c1Cc1ccc(NC(=O)NC(C)C)cc1. The third kappa shape index (κ3) is 6.34. The molecule has 1 aliphatic heterocycles. The van der Waals surface area contributed by atoms with Crippen molar-refractivity contribution in [2.75, 3.05) is 11.9 Å². The van der Waals surface area contributed by atoms with Crippen LogP contribution in [-0.2, 0) is 6.42 Å². The number of ether oxygens (including phenoxy) is 1. The Morgan fingerprint density at radius 1 is 1.09 bits per heavy atom. The molecule has 5 atom stereocenters. The molecule has 9 nitrogen and oxygen atoms in total. The number of amides is 2. The number of thioether (sulfide) groups is 1. The van der Waals surface area contributed by atoms with Gasteiger partial charge in [0.05, 0.1) is 18.0 Å². The maximum atomic E-state index is 11.9. The van der Waals surface area contributed by atoms with Gasteiger partial charge in [-0.25, -0.2) is 4.79 Å². The lowest BCUT2D eigenvalue weighted by Gasteiger charge is -2.39. The first kappa shape index (κ1) is 26.1. The average Bonchev–Trinajstić information content (AvgIpc) is 2.77. The van der Waals surface area contributed by atoms with Crippen molar-refractivity contribution in [2.24, 2.45) is 0 Å². The Labute approximate surface area is 202 Å². The zero-order valence-electron chi connectivity index (χ0n) is 19.3. The second kappa shape index (κ2) is 11.3. The van der Waals surface area contributed by atoms with E-state index in [1.54, 1.807) is 18.2 Å². The van der Waals surface area contributed by atoms with Crippen molar-refractivity contribution in [1.82, 2.24) is 5.32 Å². The summed E-state index contributed by atoms with van der Waals surface area (Å²) in [4.78, 5) is 11.9. The molecule has 0 unspecified atom stereocenters. The van der Waals surface area contributed by atoms with E-state index < -0.39 is 35.6 Å². The van der Waals surface area contributed by atoms with Gasteiger partial charge in [0.1, 0.15) is 23.7 Å². The van der Waals surface area contributed by atoms with E-state index in [0.29, 0.717) is 17.9 Å². The van der Waals surface area contributed by atoms with Crippen LogP contribution in [0.2, 0.25) is 0 Å². The van der Waals surface area contributed by atoms with Gasteiger partial charge in [0.15, 0.2) is 5.44 Å². The Hall–Kier alpha value is -2.50. The van der Waals surface area contributed by atoms with Gasteiger partial charge in [0, 0.05) is 29.8 Å². The van der Waals surface area contributed by atoms with E-state index in [-0.39, 0.29) is 17.8 Å². The normalized spacial score (nSPS) is 24.6. The number of carbonyl (C=O) groups is 1. The first-order chi connectivity index (χ1) is 16.1. The van der Waals surface area contributed by atoms with Crippen LogP contribution in [0.15, 0.2) is 36.4 Å². The lowest BCUT2D eigenvalue weighted by atomic mass is 9.98. The summed E-state index contributed by atoms with van der Waals surface area (Å²) >= 11 is 1.02. The van der Waals surface area contributed by atoms with Crippen LogP contribution < -0.4 is 15.4 Å². The maximum absolute atomic E-state index is 11.9. The number of phenols is 1. The standard InChI is InChI=1S/C24H32N2O7S/c1-12(2)25-24(32)26-15-6-4-14(5-7-15)9-17-13(3)8-16(28)10-18(17)33-23-22(31)21(30)20(29)19(11-27)34-23/h4-8,10,12,19-23,27-31H,9,11H2,1-3H3,(H2,25,26,32)/t19-,20-,21+,22-,23-/m1/s1. The van der Waals surface area contributed by atoms with E-state index in [0.717, 1.165) is 28.5 Å². The predicted octanol–water partition coefficient (Wildman–Crippen LogP) is 1.72. The summed E-state index contributed by atoms with van der Waals surface area (Å²) in [6.07, 6.45) is -3.70. The topological polar surface area (TPSA) is 152 Å². The van der Waals surface area contributed by atoms with Crippen molar-refractivity contribution in [3.8, 4) is 11.5 Å². The molecule has 2 aromatic rings. The fourth-order valence-electron chi connectivity index (χ4n) is 3.73. The molecule has 0 saturated carbocycles. The predicted molar refractivity (Wildman–Crippen MR) is 130 cm³/mol. The first-order valence-corrected chi connectivity index (χ1v) is 12.0. The summed E-state index contributed by atoms with van der Waals surface area (Å²) in [5.41, 5.74) is 2.15. The molecule has 186 valence electrons. The second-order valence-corrected chi connectivity index (χ2v) is 10.0. The van der Waals surface area contributed by atoms with Crippen molar-refractivity contribution < 1.29 is 35.1 Å². The average molecular weight is 493 g/mol. The summed E-state index contributed by atoms with van der Waals surface area (Å²) in [7, 11) is 0. The van der Waals surface area contributed by atoms with Gasteiger partial charge >= 0.3 is 6.03 Å². The van der Waals surface area contributed by atoms with E-state index in [1.165, 1.54) is 6.07 Å². The third-order valence-electron chi connectivity index (χ3n) is 5.52. The summed E-state index contributed by atoms with van der Waals surface area (Å²) in [6, 6.07) is 10.1. The number of urea groups is 1. The van der Waals surface area contributed by atoms with Crippen molar-refractivity contribution in [3.05, 3.63) is 53.1 Å². The van der Waals surface area contributed by atoms with Gasteiger partial charge in [0.25, 0.3) is 0 Å². The lowest BCUT2D eigenvalue weighted by Crippen LogP contribution is -2.55. The molecule has 2 aromatic carbocycles. The Bertz CT molecular complexity index is 984. The smallest absolute Gasteiger partial charge is 0.319 e. The number of hydrogen-bond donors (Lipinski definition) is 7. The van der Waals surface area contributed by atoms with E-state index in [1.807, 2.05) is 32.9 Å². The Morgan fingerprint density at radius 3 is 2.38 bits per heavy atom. The monoisotopic (exact) mass is 492 g/mol. The number of phenolic OH excluding ortho intramolecular Hbond substituents is 1. The van der Waals surface area contributed by atoms with E-state index >= 15 is 0 Å². The molecular weight excluding hydrogens is 460 g/mol.